The molecule has 9 heteroatoms. The normalized spacial score (nSPS) is 24.4. The Labute approximate surface area is 155 Å². The lowest BCUT2D eigenvalue weighted by Gasteiger charge is -2.16. The minimum Gasteiger partial charge on any atom is -0.367 e. The number of anilines is 3. The largest absolute Gasteiger partial charge is 0.367 e. The van der Waals surface area contributed by atoms with Gasteiger partial charge in [-0.2, -0.15) is 15.3 Å². The molecule has 0 radical (unpaired) electrons. The Balaban J connectivity index is 1.58. The van der Waals surface area contributed by atoms with E-state index in [0.717, 1.165) is 38.1 Å². The molecule has 2 heterocycles. The molecule has 0 aliphatic heterocycles. The number of hydrogen-bond acceptors (Lipinski definition) is 6. The Morgan fingerprint density at radius 3 is 2.70 bits per heavy atom. The highest BCUT2D eigenvalue weighted by Crippen LogP contribution is 2.55. The van der Waals surface area contributed by atoms with Crippen LogP contribution in [-0.4, -0.2) is 25.8 Å². The molecule has 7 nitrogen and oxygen atoms in total. The van der Waals surface area contributed by atoms with E-state index >= 15 is 0 Å². The van der Waals surface area contributed by atoms with Gasteiger partial charge in [0.15, 0.2) is 0 Å². The van der Waals surface area contributed by atoms with Gasteiger partial charge in [-0.25, -0.2) is 13.8 Å². The van der Waals surface area contributed by atoms with Gasteiger partial charge in [0.1, 0.15) is 5.82 Å². The summed E-state index contributed by atoms with van der Waals surface area (Å²) >= 11 is 0. The molecule has 2 saturated carbocycles. The Morgan fingerprint density at radius 2 is 2.11 bits per heavy atom. The maximum absolute atomic E-state index is 13.8. The van der Waals surface area contributed by atoms with Crippen LogP contribution in [0, 0.1) is 23.7 Å². The average Bonchev–Trinajstić information content (AvgIpc) is 3.50. The van der Waals surface area contributed by atoms with Crippen LogP contribution < -0.4 is 10.6 Å². The average molecular weight is 373 g/mol. The fourth-order valence-electron chi connectivity index (χ4n) is 3.09. The van der Waals surface area contributed by atoms with E-state index in [-0.39, 0.29) is 34.8 Å². The first-order valence-electron chi connectivity index (χ1n) is 8.95. The van der Waals surface area contributed by atoms with Crippen LogP contribution in [0.25, 0.3) is 0 Å². The van der Waals surface area contributed by atoms with Crippen LogP contribution in [0.2, 0.25) is 0 Å². The van der Waals surface area contributed by atoms with Gasteiger partial charge in [0.25, 0.3) is 5.92 Å². The number of alkyl halides is 2. The predicted octanol–water partition coefficient (Wildman–Crippen LogP) is 3.89. The molecule has 142 valence electrons. The first kappa shape index (κ1) is 17.6. The van der Waals surface area contributed by atoms with Gasteiger partial charge in [-0.05, 0) is 33.1 Å². The quantitative estimate of drug-likeness (QED) is 0.798. The molecular weight excluding hydrogens is 352 g/mol. The van der Waals surface area contributed by atoms with E-state index in [2.05, 4.69) is 31.8 Å². The maximum atomic E-state index is 13.8. The number of halogens is 2. The molecule has 0 bridgehead atoms. The summed E-state index contributed by atoms with van der Waals surface area (Å²) in [6.07, 6.45) is 5.47. The standard InChI is InChI=1S/C18H21F2N7/c1-10-13(8-23-27(10)14-6-17(14,2)9-21)25-16-22-7-12(18(3,19)20)15(26-16)24-11-4-5-11/h7-8,11,14H,4-6H2,1-3H3,(H2,22,24,25,26)/t14?,17-/m1/s1. The van der Waals surface area contributed by atoms with Crippen molar-refractivity contribution in [1.29, 1.82) is 5.26 Å². The topological polar surface area (TPSA) is 91.4 Å². The second-order valence-electron chi connectivity index (χ2n) is 7.73. The summed E-state index contributed by atoms with van der Waals surface area (Å²) in [5, 5.41) is 19.7. The molecular formula is C18H21F2N7. The lowest BCUT2D eigenvalue weighted by Crippen LogP contribution is -2.16. The first-order valence-corrected chi connectivity index (χ1v) is 8.95. The predicted molar refractivity (Wildman–Crippen MR) is 95.9 cm³/mol. The molecule has 4 rings (SSSR count). The summed E-state index contributed by atoms with van der Waals surface area (Å²) < 4.78 is 29.5. The van der Waals surface area contributed by atoms with Crippen molar-refractivity contribution in [2.75, 3.05) is 10.6 Å². The van der Waals surface area contributed by atoms with Crippen molar-refractivity contribution in [3.05, 3.63) is 23.7 Å². The highest BCUT2D eigenvalue weighted by molar-refractivity contribution is 5.58. The summed E-state index contributed by atoms with van der Waals surface area (Å²) in [7, 11) is 0. The number of hydrogen-bond donors (Lipinski definition) is 2. The molecule has 2 N–H and O–H groups in total. The van der Waals surface area contributed by atoms with E-state index in [0.29, 0.717) is 5.69 Å². The van der Waals surface area contributed by atoms with Crippen molar-refractivity contribution in [2.45, 2.75) is 58.0 Å². The Morgan fingerprint density at radius 1 is 1.37 bits per heavy atom. The summed E-state index contributed by atoms with van der Waals surface area (Å²) in [6, 6.07) is 2.56. The third kappa shape index (κ3) is 3.31. The van der Waals surface area contributed by atoms with Gasteiger partial charge in [-0.3, -0.25) is 4.68 Å². The fraction of sp³-hybridized carbons (Fsp3) is 0.556. The molecule has 2 fully saturated rings. The van der Waals surface area contributed by atoms with E-state index in [1.54, 1.807) is 6.20 Å². The zero-order valence-corrected chi connectivity index (χ0v) is 15.4. The van der Waals surface area contributed by atoms with E-state index in [9.17, 15) is 14.0 Å². The smallest absolute Gasteiger partial charge is 0.275 e. The first-order chi connectivity index (χ1) is 12.7. The molecule has 2 aromatic rings. The minimum absolute atomic E-state index is 0.0484. The molecule has 2 atom stereocenters. The van der Waals surface area contributed by atoms with Gasteiger partial charge in [-0.1, -0.05) is 0 Å². The van der Waals surface area contributed by atoms with Crippen LogP contribution in [-0.2, 0) is 5.92 Å². The number of nitrogens with zero attached hydrogens (tertiary/aromatic N) is 5. The summed E-state index contributed by atoms with van der Waals surface area (Å²) in [6.45, 7) is 4.64. The maximum Gasteiger partial charge on any atom is 0.275 e. The van der Waals surface area contributed by atoms with E-state index in [1.807, 2.05) is 18.5 Å². The Kier molecular flexibility index (Phi) is 3.84. The number of nitrogens with one attached hydrogen (secondary N) is 2. The van der Waals surface area contributed by atoms with Gasteiger partial charge in [0.2, 0.25) is 5.95 Å². The molecule has 2 aliphatic carbocycles. The fourth-order valence-corrected chi connectivity index (χ4v) is 3.09. The molecule has 0 aromatic carbocycles. The Bertz CT molecular complexity index is 923. The monoisotopic (exact) mass is 373 g/mol. The van der Waals surface area contributed by atoms with Gasteiger partial charge in [0.05, 0.1) is 40.7 Å². The summed E-state index contributed by atoms with van der Waals surface area (Å²) in [4.78, 5) is 8.32. The van der Waals surface area contributed by atoms with Crippen LogP contribution in [0.4, 0.5) is 26.2 Å². The second-order valence-corrected chi connectivity index (χ2v) is 7.73. The number of nitriles is 1. The van der Waals surface area contributed by atoms with E-state index in [1.165, 1.54) is 0 Å². The molecule has 0 saturated heterocycles. The van der Waals surface area contributed by atoms with Crippen molar-refractivity contribution in [3.63, 3.8) is 0 Å². The number of aromatic nitrogens is 4. The zero-order chi connectivity index (χ0) is 19.4. The molecule has 27 heavy (non-hydrogen) atoms. The lowest BCUT2D eigenvalue weighted by atomic mass is 10.2. The van der Waals surface area contributed by atoms with Crippen molar-refractivity contribution in [3.8, 4) is 6.07 Å². The lowest BCUT2D eigenvalue weighted by molar-refractivity contribution is 0.0176. The van der Waals surface area contributed by atoms with Crippen molar-refractivity contribution < 1.29 is 8.78 Å². The van der Waals surface area contributed by atoms with Crippen LogP contribution >= 0.6 is 0 Å². The summed E-state index contributed by atoms with van der Waals surface area (Å²) in [5.41, 5.74) is 0.940. The third-order valence-electron chi connectivity index (χ3n) is 5.21. The van der Waals surface area contributed by atoms with E-state index < -0.39 is 5.92 Å². The van der Waals surface area contributed by atoms with E-state index in [4.69, 9.17) is 0 Å². The molecule has 0 amide bonds. The van der Waals surface area contributed by atoms with Crippen molar-refractivity contribution in [1.82, 2.24) is 19.7 Å². The van der Waals surface area contributed by atoms with Gasteiger partial charge < -0.3 is 10.6 Å². The molecule has 2 aliphatic rings. The van der Waals surface area contributed by atoms with Crippen molar-refractivity contribution >= 4 is 17.5 Å². The zero-order valence-electron chi connectivity index (χ0n) is 15.4. The summed E-state index contributed by atoms with van der Waals surface area (Å²) in [5.74, 6) is -2.64. The molecule has 0 spiro atoms. The van der Waals surface area contributed by atoms with Gasteiger partial charge in [-0.15, -0.1) is 0 Å². The Hall–Kier alpha value is -2.76. The third-order valence-corrected chi connectivity index (χ3v) is 5.21. The SMILES string of the molecule is Cc1c(Nc2ncc(C(C)(F)F)c(NC3CC3)n2)cnn1C1C[C@]1(C)C#N. The van der Waals surface area contributed by atoms with Gasteiger partial charge in [0, 0.05) is 19.2 Å². The highest BCUT2D eigenvalue weighted by Gasteiger charge is 2.53. The van der Waals surface area contributed by atoms with Crippen molar-refractivity contribution in [2.24, 2.45) is 5.41 Å². The van der Waals surface area contributed by atoms with Crippen LogP contribution in [0.15, 0.2) is 12.4 Å². The van der Waals surface area contributed by atoms with Gasteiger partial charge >= 0.3 is 0 Å². The number of rotatable bonds is 6. The van der Waals surface area contributed by atoms with Crippen LogP contribution in [0.1, 0.15) is 50.4 Å². The molecule has 2 aromatic heterocycles. The van der Waals surface area contributed by atoms with Crippen LogP contribution in [0.5, 0.6) is 0 Å². The highest BCUT2D eigenvalue weighted by atomic mass is 19.3. The molecule has 1 unspecified atom stereocenters. The minimum atomic E-state index is -3.02. The van der Waals surface area contributed by atoms with Crippen LogP contribution in [0.3, 0.4) is 0 Å². The second kappa shape index (κ2) is 5.87.